The van der Waals surface area contributed by atoms with Gasteiger partial charge in [0.25, 0.3) is 5.91 Å². The number of aromatic nitrogens is 1. The van der Waals surface area contributed by atoms with Gasteiger partial charge in [0.1, 0.15) is 4.88 Å². The van der Waals surface area contributed by atoms with Crippen molar-refractivity contribution < 1.29 is 9.53 Å². The normalized spacial score (nSPS) is 15.6. The number of carbonyl (C=O) groups is 1. The summed E-state index contributed by atoms with van der Waals surface area (Å²) in [6.07, 6.45) is 2.67. The number of hydrogen-bond donors (Lipinski definition) is 1. The van der Waals surface area contributed by atoms with Gasteiger partial charge in [0.05, 0.1) is 17.3 Å². The first-order valence-corrected chi connectivity index (χ1v) is 8.05. The Bertz CT molecular complexity index is 442. The Labute approximate surface area is 124 Å². The van der Waals surface area contributed by atoms with Crippen LogP contribution < -0.4 is 5.32 Å². The summed E-state index contributed by atoms with van der Waals surface area (Å²) >= 11 is 1.54. The molecule has 2 rings (SSSR count). The molecule has 1 aromatic heterocycles. The van der Waals surface area contributed by atoms with Gasteiger partial charge in [-0.25, -0.2) is 4.98 Å². The van der Waals surface area contributed by atoms with Gasteiger partial charge in [0, 0.05) is 39.7 Å². The van der Waals surface area contributed by atoms with Gasteiger partial charge in [0.2, 0.25) is 0 Å². The molecule has 2 heterocycles. The SMILES string of the molecule is CCCc1nc(CCOC)sc1C(=O)N1CCNCC1. The average molecular weight is 297 g/mol. The zero-order valence-electron chi connectivity index (χ0n) is 12.3. The second kappa shape index (κ2) is 7.71. The van der Waals surface area contributed by atoms with Crippen LogP contribution in [0.5, 0.6) is 0 Å². The minimum atomic E-state index is 0.149. The number of rotatable bonds is 6. The number of methoxy groups -OCH3 is 1. The predicted octanol–water partition coefficient (Wildman–Crippen LogP) is 1.33. The molecule has 0 aromatic carbocycles. The third kappa shape index (κ3) is 3.77. The second-order valence-electron chi connectivity index (χ2n) is 4.92. The molecule has 0 radical (unpaired) electrons. The summed E-state index contributed by atoms with van der Waals surface area (Å²) in [5.41, 5.74) is 0.965. The molecule has 1 aliphatic rings. The second-order valence-corrected chi connectivity index (χ2v) is 6.00. The molecule has 5 nitrogen and oxygen atoms in total. The van der Waals surface area contributed by atoms with E-state index in [4.69, 9.17) is 4.74 Å². The van der Waals surface area contributed by atoms with Crippen molar-refractivity contribution in [1.29, 1.82) is 0 Å². The zero-order valence-corrected chi connectivity index (χ0v) is 13.1. The maximum atomic E-state index is 12.6. The molecule has 1 saturated heterocycles. The van der Waals surface area contributed by atoms with E-state index in [1.54, 1.807) is 7.11 Å². The van der Waals surface area contributed by atoms with Crippen LogP contribution in [0.4, 0.5) is 0 Å². The van der Waals surface area contributed by atoms with Gasteiger partial charge in [-0.05, 0) is 6.42 Å². The molecule has 1 aromatic rings. The third-order valence-corrected chi connectivity index (χ3v) is 4.49. The number of carbonyl (C=O) groups excluding carboxylic acids is 1. The number of thiazole rings is 1. The topological polar surface area (TPSA) is 54.5 Å². The number of amides is 1. The molecule has 20 heavy (non-hydrogen) atoms. The van der Waals surface area contributed by atoms with Crippen molar-refractivity contribution in [2.24, 2.45) is 0 Å². The summed E-state index contributed by atoms with van der Waals surface area (Å²) in [4.78, 5) is 20.0. The van der Waals surface area contributed by atoms with Crippen molar-refractivity contribution in [2.75, 3.05) is 39.9 Å². The smallest absolute Gasteiger partial charge is 0.265 e. The number of ether oxygens (including phenoxy) is 1. The van der Waals surface area contributed by atoms with Crippen molar-refractivity contribution in [3.8, 4) is 0 Å². The maximum absolute atomic E-state index is 12.6. The van der Waals surface area contributed by atoms with E-state index < -0.39 is 0 Å². The summed E-state index contributed by atoms with van der Waals surface area (Å²) in [6.45, 7) is 6.10. The summed E-state index contributed by atoms with van der Waals surface area (Å²) < 4.78 is 5.09. The van der Waals surface area contributed by atoms with Crippen LogP contribution in [0.15, 0.2) is 0 Å². The molecule has 1 aliphatic heterocycles. The van der Waals surface area contributed by atoms with Crippen LogP contribution in [-0.4, -0.2) is 55.7 Å². The highest BCUT2D eigenvalue weighted by Crippen LogP contribution is 2.22. The quantitative estimate of drug-likeness (QED) is 0.861. The van der Waals surface area contributed by atoms with Crippen LogP contribution in [0, 0.1) is 0 Å². The monoisotopic (exact) mass is 297 g/mol. The van der Waals surface area contributed by atoms with Crippen molar-refractivity contribution in [3.05, 3.63) is 15.6 Å². The van der Waals surface area contributed by atoms with Gasteiger partial charge >= 0.3 is 0 Å². The van der Waals surface area contributed by atoms with E-state index in [0.717, 1.165) is 61.0 Å². The fraction of sp³-hybridized carbons (Fsp3) is 0.714. The van der Waals surface area contributed by atoms with E-state index in [-0.39, 0.29) is 5.91 Å². The molecule has 0 saturated carbocycles. The molecular formula is C14H23N3O2S. The number of hydrogen-bond acceptors (Lipinski definition) is 5. The Morgan fingerprint density at radius 1 is 1.40 bits per heavy atom. The van der Waals surface area contributed by atoms with Gasteiger partial charge in [-0.1, -0.05) is 13.3 Å². The highest BCUT2D eigenvalue weighted by molar-refractivity contribution is 7.13. The standard InChI is InChI=1S/C14H23N3O2S/c1-3-4-11-13(20-12(16-11)5-10-19-2)14(18)17-8-6-15-7-9-17/h15H,3-10H2,1-2H3. The van der Waals surface area contributed by atoms with Crippen LogP contribution in [0.3, 0.4) is 0 Å². The van der Waals surface area contributed by atoms with Gasteiger partial charge in [-0.2, -0.15) is 0 Å². The summed E-state index contributed by atoms with van der Waals surface area (Å²) in [5, 5.41) is 4.28. The predicted molar refractivity (Wildman–Crippen MR) is 80.5 cm³/mol. The molecule has 112 valence electrons. The fourth-order valence-corrected chi connectivity index (χ4v) is 3.34. The number of nitrogens with zero attached hydrogens (tertiary/aromatic N) is 2. The van der Waals surface area contributed by atoms with Crippen molar-refractivity contribution in [1.82, 2.24) is 15.2 Å². The summed E-state index contributed by atoms with van der Waals surface area (Å²) in [6, 6.07) is 0. The first-order valence-electron chi connectivity index (χ1n) is 7.23. The number of nitrogens with one attached hydrogen (secondary N) is 1. The molecule has 1 fully saturated rings. The molecule has 1 N–H and O–H groups in total. The maximum Gasteiger partial charge on any atom is 0.265 e. The first-order chi connectivity index (χ1) is 9.76. The molecule has 1 amide bonds. The zero-order chi connectivity index (χ0) is 14.4. The highest BCUT2D eigenvalue weighted by atomic mass is 32.1. The summed E-state index contributed by atoms with van der Waals surface area (Å²) in [7, 11) is 1.69. The van der Waals surface area contributed by atoms with E-state index in [1.807, 2.05) is 4.90 Å². The van der Waals surface area contributed by atoms with Crippen LogP contribution in [0.25, 0.3) is 0 Å². The Morgan fingerprint density at radius 3 is 2.80 bits per heavy atom. The Hall–Kier alpha value is -0.980. The molecular weight excluding hydrogens is 274 g/mol. The minimum absolute atomic E-state index is 0.149. The Morgan fingerprint density at radius 2 is 2.15 bits per heavy atom. The van der Waals surface area contributed by atoms with Crippen LogP contribution in [0.1, 0.15) is 33.7 Å². The van der Waals surface area contributed by atoms with Gasteiger partial charge in [-0.15, -0.1) is 11.3 Å². The average Bonchev–Trinajstić information content (AvgIpc) is 2.88. The molecule has 0 bridgehead atoms. The third-order valence-electron chi connectivity index (χ3n) is 3.35. The molecule has 0 spiro atoms. The summed E-state index contributed by atoms with van der Waals surface area (Å²) in [5.74, 6) is 0.149. The van der Waals surface area contributed by atoms with Crippen LogP contribution >= 0.6 is 11.3 Å². The van der Waals surface area contributed by atoms with Gasteiger partial charge in [-0.3, -0.25) is 4.79 Å². The molecule has 6 heteroatoms. The van der Waals surface area contributed by atoms with E-state index in [1.165, 1.54) is 11.3 Å². The lowest BCUT2D eigenvalue weighted by molar-refractivity contribution is 0.0739. The van der Waals surface area contributed by atoms with Crippen molar-refractivity contribution >= 4 is 17.2 Å². The molecule has 0 atom stereocenters. The van der Waals surface area contributed by atoms with Crippen LogP contribution in [0.2, 0.25) is 0 Å². The Balaban J connectivity index is 2.14. The van der Waals surface area contributed by atoms with E-state index in [0.29, 0.717) is 6.61 Å². The number of piperazine rings is 1. The fourth-order valence-electron chi connectivity index (χ4n) is 2.28. The van der Waals surface area contributed by atoms with Gasteiger partial charge < -0.3 is 15.0 Å². The first kappa shape index (κ1) is 15.4. The highest BCUT2D eigenvalue weighted by Gasteiger charge is 2.23. The van der Waals surface area contributed by atoms with E-state index in [9.17, 15) is 4.79 Å². The van der Waals surface area contributed by atoms with Gasteiger partial charge in [0.15, 0.2) is 0 Å². The van der Waals surface area contributed by atoms with Crippen LogP contribution in [-0.2, 0) is 17.6 Å². The molecule has 0 unspecified atom stereocenters. The van der Waals surface area contributed by atoms with Crippen molar-refractivity contribution in [3.63, 3.8) is 0 Å². The lowest BCUT2D eigenvalue weighted by Gasteiger charge is -2.27. The lowest BCUT2D eigenvalue weighted by atomic mass is 10.2. The number of aryl methyl sites for hydroxylation is 1. The lowest BCUT2D eigenvalue weighted by Crippen LogP contribution is -2.46. The molecule has 0 aliphatic carbocycles. The van der Waals surface area contributed by atoms with Crippen molar-refractivity contribution in [2.45, 2.75) is 26.2 Å². The van der Waals surface area contributed by atoms with E-state index >= 15 is 0 Å². The largest absolute Gasteiger partial charge is 0.384 e. The minimum Gasteiger partial charge on any atom is -0.384 e. The van der Waals surface area contributed by atoms with E-state index in [2.05, 4.69) is 17.2 Å². The Kier molecular flexibility index (Phi) is 5.94.